The number of hydrazone groups is 1. The van der Waals surface area contributed by atoms with Gasteiger partial charge in [0.25, 0.3) is 0 Å². The fourth-order valence-electron chi connectivity index (χ4n) is 3.70. The van der Waals surface area contributed by atoms with Gasteiger partial charge in [-0.2, -0.15) is 5.10 Å². The topological polar surface area (TPSA) is 76.1 Å². The summed E-state index contributed by atoms with van der Waals surface area (Å²) in [4.78, 5) is 16.6. The lowest BCUT2D eigenvalue weighted by Crippen LogP contribution is -2.35. The number of pyridine rings is 1. The van der Waals surface area contributed by atoms with Gasteiger partial charge in [0, 0.05) is 29.9 Å². The zero-order valence-corrected chi connectivity index (χ0v) is 18.8. The second kappa shape index (κ2) is 9.28. The van der Waals surface area contributed by atoms with E-state index in [0.29, 0.717) is 35.3 Å². The number of rotatable bonds is 4. The van der Waals surface area contributed by atoms with E-state index in [-0.39, 0.29) is 6.03 Å². The molecule has 32 heavy (non-hydrogen) atoms. The van der Waals surface area contributed by atoms with Gasteiger partial charge in [0.1, 0.15) is 5.15 Å². The maximum atomic E-state index is 12.4. The lowest BCUT2D eigenvalue weighted by Gasteiger charge is -2.16. The molecular formula is C24H23ClN4O3. The van der Waals surface area contributed by atoms with Crippen molar-refractivity contribution in [3.63, 3.8) is 0 Å². The molecule has 7 nitrogen and oxygen atoms in total. The number of amides is 2. The molecule has 0 atom stereocenters. The van der Waals surface area contributed by atoms with E-state index in [2.05, 4.69) is 10.3 Å². The Kier molecular flexibility index (Phi) is 6.28. The maximum Gasteiger partial charge on any atom is 0.337 e. The molecule has 0 radical (unpaired) electrons. The first-order valence-electron chi connectivity index (χ1n) is 10.1. The average molecular weight is 451 g/mol. The standard InChI is InChI=1S/C24H23ClN4O3/c1-26-24(30)29-12-10-17-13-20(31-2)21(32-3)14-19(17)22(28-29)16-8-6-15(7-9-16)18-5-4-11-27-23(18)25/h4-9,11,13-14H,10,12H2,1-3H3,(H,26,30). The largest absolute Gasteiger partial charge is 0.493 e. The molecular weight excluding hydrogens is 428 g/mol. The third-order valence-corrected chi connectivity index (χ3v) is 5.66. The Hall–Kier alpha value is -3.58. The molecule has 1 aliphatic rings. The summed E-state index contributed by atoms with van der Waals surface area (Å²) in [6.45, 7) is 0.440. The third-order valence-electron chi connectivity index (χ3n) is 5.35. The van der Waals surface area contributed by atoms with Crippen LogP contribution in [0.25, 0.3) is 11.1 Å². The van der Waals surface area contributed by atoms with Crippen molar-refractivity contribution in [1.29, 1.82) is 0 Å². The summed E-state index contributed by atoms with van der Waals surface area (Å²) >= 11 is 6.26. The van der Waals surface area contributed by atoms with Crippen LogP contribution in [0.5, 0.6) is 11.5 Å². The van der Waals surface area contributed by atoms with Crippen LogP contribution in [0.4, 0.5) is 4.79 Å². The Labute approximate surface area is 191 Å². The van der Waals surface area contributed by atoms with Gasteiger partial charge in [-0.3, -0.25) is 0 Å². The highest BCUT2D eigenvalue weighted by atomic mass is 35.5. The molecule has 1 aliphatic heterocycles. The molecule has 4 rings (SSSR count). The Balaban J connectivity index is 1.83. The number of fused-ring (bicyclic) bond motifs is 1. The Bertz CT molecular complexity index is 1180. The molecule has 0 saturated heterocycles. The molecule has 0 bridgehead atoms. The normalized spacial score (nSPS) is 13.0. The van der Waals surface area contributed by atoms with Gasteiger partial charge in [0.05, 0.1) is 26.5 Å². The average Bonchev–Trinajstić information content (AvgIpc) is 3.02. The van der Waals surface area contributed by atoms with E-state index in [1.165, 1.54) is 5.01 Å². The van der Waals surface area contributed by atoms with Gasteiger partial charge in [-0.25, -0.2) is 14.8 Å². The van der Waals surface area contributed by atoms with E-state index < -0.39 is 0 Å². The number of ether oxygens (including phenoxy) is 2. The predicted octanol–water partition coefficient (Wildman–Crippen LogP) is 4.37. The van der Waals surface area contributed by atoms with E-state index in [9.17, 15) is 4.79 Å². The van der Waals surface area contributed by atoms with Gasteiger partial charge in [-0.05, 0) is 41.8 Å². The number of hydrogen-bond donors (Lipinski definition) is 1. The maximum absolute atomic E-state index is 12.4. The fourth-order valence-corrected chi connectivity index (χ4v) is 3.93. The number of halogens is 1. The van der Waals surface area contributed by atoms with E-state index in [0.717, 1.165) is 27.8 Å². The highest BCUT2D eigenvalue weighted by Crippen LogP contribution is 2.34. The number of benzene rings is 2. The first-order valence-corrected chi connectivity index (χ1v) is 10.5. The Morgan fingerprint density at radius 1 is 1.03 bits per heavy atom. The highest BCUT2D eigenvalue weighted by molar-refractivity contribution is 6.32. The lowest BCUT2D eigenvalue weighted by atomic mass is 9.94. The number of nitrogens with one attached hydrogen (secondary N) is 1. The van der Waals surface area contributed by atoms with Crippen LogP contribution < -0.4 is 14.8 Å². The Morgan fingerprint density at radius 2 is 1.72 bits per heavy atom. The van der Waals surface area contributed by atoms with E-state index in [4.69, 9.17) is 26.2 Å². The number of nitrogens with zero attached hydrogens (tertiary/aromatic N) is 3. The third kappa shape index (κ3) is 4.11. The Morgan fingerprint density at radius 3 is 2.38 bits per heavy atom. The smallest absolute Gasteiger partial charge is 0.337 e. The summed E-state index contributed by atoms with van der Waals surface area (Å²) in [6.07, 6.45) is 2.28. The van der Waals surface area contributed by atoms with Crippen molar-refractivity contribution >= 4 is 23.3 Å². The van der Waals surface area contributed by atoms with Crippen LogP contribution >= 0.6 is 11.6 Å². The molecule has 8 heteroatoms. The van der Waals surface area contributed by atoms with E-state index in [1.54, 1.807) is 27.5 Å². The van der Waals surface area contributed by atoms with Gasteiger partial charge >= 0.3 is 6.03 Å². The van der Waals surface area contributed by atoms with Crippen LogP contribution in [0.3, 0.4) is 0 Å². The highest BCUT2D eigenvalue weighted by Gasteiger charge is 2.24. The minimum atomic E-state index is -0.270. The van der Waals surface area contributed by atoms with Crippen molar-refractivity contribution in [3.8, 4) is 22.6 Å². The summed E-state index contributed by atoms with van der Waals surface area (Å²) in [5, 5.41) is 9.25. The number of hydrogen-bond acceptors (Lipinski definition) is 5. The molecule has 3 aromatic rings. The molecule has 2 aromatic carbocycles. The van der Waals surface area contributed by atoms with Gasteiger partial charge in [-0.1, -0.05) is 35.9 Å². The van der Waals surface area contributed by atoms with Crippen LogP contribution in [0, 0.1) is 0 Å². The molecule has 0 aliphatic carbocycles. The van der Waals surface area contributed by atoms with Gasteiger partial charge < -0.3 is 14.8 Å². The van der Waals surface area contributed by atoms with Crippen LogP contribution in [-0.2, 0) is 6.42 Å². The predicted molar refractivity (Wildman–Crippen MR) is 125 cm³/mol. The van der Waals surface area contributed by atoms with Crippen molar-refractivity contribution in [2.45, 2.75) is 6.42 Å². The van der Waals surface area contributed by atoms with Crippen molar-refractivity contribution in [2.75, 3.05) is 27.8 Å². The number of aromatic nitrogens is 1. The van der Waals surface area contributed by atoms with Crippen molar-refractivity contribution in [3.05, 3.63) is 76.6 Å². The summed E-state index contributed by atoms with van der Waals surface area (Å²) in [5.74, 6) is 1.24. The van der Waals surface area contributed by atoms with Crippen LogP contribution in [0.15, 0.2) is 59.8 Å². The molecule has 2 heterocycles. The van der Waals surface area contributed by atoms with Crippen molar-refractivity contribution in [1.82, 2.24) is 15.3 Å². The molecule has 0 spiro atoms. The minimum Gasteiger partial charge on any atom is -0.493 e. The zero-order valence-electron chi connectivity index (χ0n) is 18.1. The molecule has 0 fully saturated rings. The molecule has 164 valence electrons. The molecule has 1 N–H and O–H groups in total. The van der Waals surface area contributed by atoms with Crippen molar-refractivity contribution < 1.29 is 14.3 Å². The zero-order chi connectivity index (χ0) is 22.7. The van der Waals surface area contributed by atoms with Crippen LogP contribution in [0.2, 0.25) is 5.15 Å². The van der Waals surface area contributed by atoms with E-state index >= 15 is 0 Å². The summed E-state index contributed by atoms with van der Waals surface area (Å²) in [6, 6.07) is 15.2. The molecule has 2 amide bonds. The quantitative estimate of drug-likeness (QED) is 0.599. The first-order chi connectivity index (χ1) is 15.5. The fraction of sp³-hybridized carbons (Fsp3) is 0.208. The SMILES string of the molecule is CNC(=O)N1CCc2cc(OC)c(OC)cc2C(c2ccc(-c3cccnc3Cl)cc2)=N1. The number of urea groups is 1. The second-order valence-electron chi connectivity index (χ2n) is 7.16. The van der Waals surface area contributed by atoms with Gasteiger partial charge in [0.2, 0.25) is 0 Å². The van der Waals surface area contributed by atoms with Crippen LogP contribution in [-0.4, -0.2) is 49.5 Å². The molecule has 0 saturated carbocycles. The first kappa shape index (κ1) is 21.6. The summed E-state index contributed by atoms with van der Waals surface area (Å²) in [5.41, 5.74) is 5.23. The monoisotopic (exact) mass is 450 g/mol. The summed E-state index contributed by atoms with van der Waals surface area (Å²) < 4.78 is 11.0. The number of methoxy groups -OCH3 is 2. The van der Waals surface area contributed by atoms with E-state index in [1.807, 2.05) is 48.5 Å². The second-order valence-corrected chi connectivity index (χ2v) is 7.52. The number of carbonyl (C=O) groups excluding carboxylic acids is 1. The summed E-state index contributed by atoms with van der Waals surface area (Å²) in [7, 11) is 4.80. The van der Waals surface area contributed by atoms with Crippen molar-refractivity contribution in [2.24, 2.45) is 5.10 Å². The minimum absolute atomic E-state index is 0.270. The van der Waals surface area contributed by atoms with Crippen LogP contribution in [0.1, 0.15) is 16.7 Å². The molecule has 0 unspecified atom stereocenters. The number of carbonyl (C=O) groups is 1. The lowest BCUT2D eigenvalue weighted by molar-refractivity contribution is 0.203. The molecule has 1 aromatic heterocycles. The van der Waals surface area contributed by atoms with Gasteiger partial charge in [-0.15, -0.1) is 0 Å². The van der Waals surface area contributed by atoms with Gasteiger partial charge in [0.15, 0.2) is 11.5 Å².